The molecule has 0 saturated carbocycles. The maximum atomic E-state index is 11.9. The molecule has 0 bridgehead atoms. The van der Waals surface area contributed by atoms with Gasteiger partial charge in [-0.05, 0) is 82.2 Å². The van der Waals surface area contributed by atoms with E-state index in [0.29, 0.717) is 23.6 Å². The van der Waals surface area contributed by atoms with Crippen LogP contribution in [-0.4, -0.2) is 64.5 Å². The van der Waals surface area contributed by atoms with E-state index < -0.39 is 0 Å². The fourth-order valence-corrected chi connectivity index (χ4v) is 2.64. The number of hydrogen-bond acceptors (Lipinski definition) is 7. The first-order valence-electron chi connectivity index (χ1n) is 10.1. The smallest absolute Gasteiger partial charge is 0.243 e. The summed E-state index contributed by atoms with van der Waals surface area (Å²) in [6.45, 7) is 5.23. The number of benzene rings is 1. The normalized spacial score (nSPS) is 11.0. The second kappa shape index (κ2) is 15.6. The number of carbonyl (C=O) groups excluding carboxylic acids is 1. The number of phenols is 1. The molecule has 0 aliphatic carbocycles. The van der Waals surface area contributed by atoms with Gasteiger partial charge in [-0.25, -0.2) is 0 Å². The van der Waals surface area contributed by atoms with Crippen LogP contribution in [0.2, 0.25) is 0 Å². The van der Waals surface area contributed by atoms with Crippen LogP contribution in [-0.2, 0) is 4.79 Å². The lowest BCUT2D eigenvalue weighted by Crippen LogP contribution is -2.26. The van der Waals surface area contributed by atoms with Crippen molar-refractivity contribution in [1.82, 2.24) is 16.0 Å². The lowest BCUT2D eigenvalue weighted by atomic mass is 10.1. The molecule has 0 aromatic heterocycles. The average molecular weight is 409 g/mol. The maximum absolute atomic E-state index is 11.9. The molecule has 0 heterocycles. The van der Waals surface area contributed by atoms with Crippen molar-refractivity contribution >= 4 is 12.0 Å². The zero-order valence-corrected chi connectivity index (χ0v) is 17.6. The monoisotopic (exact) mass is 408 g/mol. The van der Waals surface area contributed by atoms with E-state index in [1.54, 1.807) is 18.2 Å². The van der Waals surface area contributed by atoms with Crippen molar-refractivity contribution in [3.8, 4) is 17.2 Å². The summed E-state index contributed by atoms with van der Waals surface area (Å²) in [5, 5.41) is 19.5. The van der Waals surface area contributed by atoms with Gasteiger partial charge in [-0.15, -0.1) is 0 Å². The summed E-state index contributed by atoms with van der Waals surface area (Å²) in [7, 11) is 2.92. The van der Waals surface area contributed by atoms with Gasteiger partial charge in [0.15, 0.2) is 11.5 Å². The number of nitrogens with two attached hydrogens (primary N) is 1. The Hall–Kier alpha value is -2.29. The van der Waals surface area contributed by atoms with Crippen LogP contribution in [0.1, 0.15) is 31.2 Å². The van der Waals surface area contributed by atoms with Gasteiger partial charge < -0.3 is 36.3 Å². The van der Waals surface area contributed by atoms with Gasteiger partial charge in [-0.3, -0.25) is 4.79 Å². The molecule has 0 unspecified atom stereocenters. The summed E-state index contributed by atoms with van der Waals surface area (Å²) < 4.78 is 10.2. The van der Waals surface area contributed by atoms with Crippen LogP contribution in [0.15, 0.2) is 18.2 Å². The highest BCUT2D eigenvalue weighted by Crippen LogP contribution is 2.37. The van der Waals surface area contributed by atoms with Crippen LogP contribution < -0.4 is 31.2 Å². The quantitative estimate of drug-likeness (QED) is 0.206. The van der Waals surface area contributed by atoms with Gasteiger partial charge in [0.2, 0.25) is 11.7 Å². The zero-order valence-electron chi connectivity index (χ0n) is 17.6. The van der Waals surface area contributed by atoms with Gasteiger partial charge in [-0.2, -0.15) is 0 Å². The first-order valence-corrected chi connectivity index (χ1v) is 10.1. The van der Waals surface area contributed by atoms with E-state index in [1.807, 2.05) is 0 Å². The molecule has 0 aliphatic heterocycles. The number of amides is 1. The third-order valence-corrected chi connectivity index (χ3v) is 4.27. The van der Waals surface area contributed by atoms with Crippen molar-refractivity contribution in [1.29, 1.82) is 0 Å². The summed E-state index contributed by atoms with van der Waals surface area (Å²) in [5.41, 5.74) is 6.14. The molecule has 8 nitrogen and oxygen atoms in total. The molecular formula is C21H36N4O4. The van der Waals surface area contributed by atoms with Gasteiger partial charge in [0, 0.05) is 12.6 Å². The first kappa shape index (κ1) is 24.7. The predicted molar refractivity (Wildman–Crippen MR) is 117 cm³/mol. The van der Waals surface area contributed by atoms with Gasteiger partial charge in [-0.1, -0.05) is 0 Å². The molecule has 29 heavy (non-hydrogen) atoms. The Kier molecular flexibility index (Phi) is 13.3. The molecule has 0 fully saturated rings. The van der Waals surface area contributed by atoms with Crippen molar-refractivity contribution in [3.05, 3.63) is 23.8 Å². The third-order valence-electron chi connectivity index (χ3n) is 4.27. The average Bonchev–Trinajstić information content (AvgIpc) is 2.73. The Bertz CT molecular complexity index is 598. The molecular weight excluding hydrogens is 372 g/mol. The van der Waals surface area contributed by atoms with E-state index in [1.165, 1.54) is 20.3 Å². The highest BCUT2D eigenvalue weighted by molar-refractivity contribution is 5.91. The first-order chi connectivity index (χ1) is 14.1. The van der Waals surface area contributed by atoms with Crippen LogP contribution in [0.3, 0.4) is 0 Å². The summed E-state index contributed by atoms with van der Waals surface area (Å²) in [5.74, 6) is 0.357. The topological polar surface area (TPSA) is 118 Å². The van der Waals surface area contributed by atoms with Crippen molar-refractivity contribution in [2.45, 2.75) is 25.7 Å². The Morgan fingerprint density at radius 3 is 2.07 bits per heavy atom. The van der Waals surface area contributed by atoms with E-state index in [0.717, 1.165) is 58.4 Å². The number of ether oxygens (including phenoxy) is 2. The van der Waals surface area contributed by atoms with Crippen LogP contribution in [0.4, 0.5) is 0 Å². The van der Waals surface area contributed by atoms with E-state index in [4.69, 9.17) is 15.2 Å². The van der Waals surface area contributed by atoms with Gasteiger partial charge in [0.1, 0.15) is 0 Å². The third kappa shape index (κ3) is 10.7. The van der Waals surface area contributed by atoms with Crippen molar-refractivity contribution in [3.63, 3.8) is 0 Å². The number of hydrogen-bond donors (Lipinski definition) is 5. The summed E-state index contributed by atoms with van der Waals surface area (Å²) in [4.78, 5) is 11.9. The minimum Gasteiger partial charge on any atom is -0.502 e. The van der Waals surface area contributed by atoms with Crippen molar-refractivity contribution in [2.24, 2.45) is 5.73 Å². The Morgan fingerprint density at radius 1 is 0.966 bits per heavy atom. The molecule has 8 heteroatoms. The zero-order chi connectivity index (χ0) is 21.3. The van der Waals surface area contributed by atoms with Gasteiger partial charge in [0.05, 0.1) is 14.2 Å². The van der Waals surface area contributed by atoms with E-state index in [2.05, 4.69) is 16.0 Å². The number of rotatable bonds is 16. The van der Waals surface area contributed by atoms with Crippen molar-refractivity contribution in [2.75, 3.05) is 53.5 Å². The number of unbranched alkanes of at least 4 members (excludes halogenated alkanes) is 1. The highest BCUT2D eigenvalue weighted by atomic mass is 16.5. The lowest BCUT2D eigenvalue weighted by molar-refractivity contribution is -0.116. The molecule has 0 saturated heterocycles. The summed E-state index contributed by atoms with van der Waals surface area (Å²) >= 11 is 0. The van der Waals surface area contributed by atoms with E-state index >= 15 is 0 Å². The molecule has 1 rings (SSSR count). The Balaban J connectivity index is 2.15. The van der Waals surface area contributed by atoms with Gasteiger partial charge >= 0.3 is 0 Å². The minimum atomic E-state index is -0.167. The van der Waals surface area contributed by atoms with Gasteiger partial charge in [0.25, 0.3) is 0 Å². The molecule has 1 amide bonds. The van der Waals surface area contributed by atoms with E-state index in [-0.39, 0.29) is 11.7 Å². The summed E-state index contributed by atoms with van der Waals surface area (Å²) in [6, 6.07) is 3.28. The molecule has 0 spiro atoms. The number of aromatic hydroxyl groups is 1. The predicted octanol–water partition coefficient (Wildman–Crippen LogP) is 1.24. The highest BCUT2D eigenvalue weighted by Gasteiger charge is 2.10. The molecule has 1 aromatic rings. The second-order valence-corrected chi connectivity index (χ2v) is 6.60. The van der Waals surface area contributed by atoms with Crippen LogP contribution in [0.25, 0.3) is 6.08 Å². The van der Waals surface area contributed by atoms with Crippen LogP contribution in [0, 0.1) is 0 Å². The number of methoxy groups -OCH3 is 2. The largest absolute Gasteiger partial charge is 0.502 e. The number of carbonyl (C=O) groups is 1. The molecule has 164 valence electrons. The maximum Gasteiger partial charge on any atom is 0.243 e. The van der Waals surface area contributed by atoms with Crippen LogP contribution >= 0.6 is 0 Å². The van der Waals surface area contributed by atoms with E-state index in [9.17, 15) is 9.90 Å². The number of phenolic OH excluding ortho intramolecular Hbond substituents is 1. The minimum absolute atomic E-state index is 0.0630. The SMILES string of the molecule is COc1cc(/C=C/C(=O)NCCCNCCCCNCCCN)cc(OC)c1O. The fourth-order valence-electron chi connectivity index (χ4n) is 2.64. The lowest BCUT2D eigenvalue weighted by Gasteiger charge is -2.09. The molecule has 1 aromatic carbocycles. The standard InChI is InChI=1S/C21H36N4O4/c1-28-18-15-17(16-19(29-2)21(18)27)7-8-20(26)25-14-6-13-24-11-4-3-10-23-12-5-9-22/h7-8,15-16,23-24,27H,3-6,9-14,22H2,1-2H3,(H,25,26)/b8-7+. The Labute approximate surface area is 173 Å². The molecule has 0 atom stereocenters. The number of nitrogens with one attached hydrogen (secondary N) is 3. The van der Waals surface area contributed by atoms with Crippen LogP contribution in [0.5, 0.6) is 17.2 Å². The second-order valence-electron chi connectivity index (χ2n) is 6.60. The van der Waals surface area contributed by atoms with Crippen molar-refractivity contribution < 1.29 is 19.4 Å². The molecule has 0 aliphatic rings. The molecule has 6 N–H and O–H groups in total. The summed E-state index contributed by atoms with van der Waals surface area (Å²) in [6.07, 6.45) is 7.28. The molecule has 0 radical (unpaired) electrons. The fraction of sp³-hybridized carbons (Fsp3) is 0.571. The Morgan fingerprint density at radius 2 is 1.52 bits per heavy atom.